The molecule has 0 saturated heterocycles. The number of aromatic nitrogens is 4. The van der Waals surface area contributed by atoms with Gasteiger partial charge in [-0.05, 0) is 48.5 Å². The second-order valence-electron chi connectivity index (χ2n) is 6.00. The molecule has 7 nitrogen and oxygen atoms in total. The maximum Gasteiger partial charge on any atom is 0.367 e. The molecule has 146 valence electrons. The highest BCUT2D eigenvalue weighted by atomic mass is 35.5. The van der Waals surface area contributed by atoms with Gasteiger partial charge in [0.15, 0.2) is 5.65 Å². The Hall–Kier alpha value is -3.17. The van der Waals surface area contributed by atoms with Crippen LogP contribution >= 0.6 is 23.4 Å². The van der Waals surface area contributed by atoms with E-state index < -0.39 is 11.6 Å². The molecule has 2 aromatic heterocycles. The summed E-state index contributed by atoms with van der Waals surface area (Å²) < 4.78 is 15.5. The number of amides is 1. The third-order valence-electron chi connectivity index (χ3n) is 3.84. The molecule has 29 heavy (non-hydrogen) atoms. The Labute approximate surface area is 173 Å². The molecular weight excluding hydrogens is 417 g/mol. The maximum absolute atomic E-state index is 13.3. The molecule has 0 atom stereocenters. The van der Waals surface area contributed by atoms with Gasteiger partial charge < -0.3 is 5.32 Å². The molecule has 2 heterocycles. The molecule has 0 aliphatic carbocycles. The van der Waals surface area contributed by atoms with Crippen LogP contribution in [-0.4, -0.2) is 25.3 Å². The van der Waals surface area contributed by atoms with Crippen LogP contribution < -0.4 is 11.0 Å². The number of nitrogens with one attached hydrogen (secondary N) is 1. The molecule has 0 radical (unpaired) electrons. The minimum atomic E-state index is -0.553. The predicted octanol–water partition coefficient (Wildman–Crippen LogP) is 3.47. The summed E-state index contributed by atoms with van der Waals surface area (Å²) in [5.74, 6) is -0.779. The van der Waals surface area contributed by atoms with Crippen molar-refractivity contribution in [1.29, 1.82) is 0 Å². The molecule has 0 aliphatic heterocycles. The van der Waals surface area contributed by atoms with Crippen LogP contribution in [0.15, 0.2) is 75.4 Å². The Balaban J connectivity index is 1.54. The first-order valence-corrected chi connectivity index (χ1v) is 9.63. The van der Waals surface area contributed by atoms with Crippen molar-refractivity contribution in [3.05, 3.63) is 82.0 Å². The van der Waals surface area contributed by atoms with Crippen LogP contribution in [0.25, 0.3) is 5.65 Å². The summed E-state index contributed by atoms with van der Waals surface area (Å²) in [7, 11) is 0. The van der Waals surface area contributed by atoms with Gasteiger partial charge in [-0.2, -0.15) is 9.61 Å². The lowest BCUT2D eigenvalue weighted by atomic mass is 10.3. The number of hydrogen-bond donors (Lipinski definition) is 1. The van der Waals surface area contributed by atoms with Crippen LogP contribution in [0.5, 0.6) is 0 Å². The summed E-state index contributed by atoms with van der Waals surface area (Å²) in [6.45, 7) is -0.277. The number of anilines is 1. The quantitative estimate of drug-likeness (QED) is 0.525. The van der Waals surface area contributed by atoms with Gasteiger partial charge in [0.25, 0.3) is 0 Å². The molecule has 4 rings (SSSR count). The van der Waals surface area contributed by atoms with Crippen molar-refractivity contribution in [3.63, 3.8) is 0 Å². The van der Waals surface area contributed by atoms with Gasteiger partial charge >= 0.3 is 5.69 Å². The smallest absolute Gasteiger partial charge is 0.324 e. The number of nitrogens with zero attached hydrogens (tertiary/aromatic N) is 4. The van der Waals surface area contributed by atoms with Crippen molar-refractivity contribution in [3.8, 4) is 0 Å². The van der Waals surface area contributed by atoms with E-state index in [1.807, 2.05) is 0 Å². The second kappa shape index (κ2) is 8.06. The number of rotatable bonds is 5. The number of hydrogen-bond acceptors (Lipinski definition) is 5. The molecule has 0 spiro atoms. The van der Waals surface area contributed by atoms with Crippen LogP contribution in [-0.2, 0) is 11.3 Å². The molecule has 0 saturated carbocycles. The molecule has 4 aromatic rings. The summed E-state index contributed by atoms with van der Waals surface area (Å²) in [5.41, 5.74) is 0.267. The molecular formula is C19H13ClFN5O2S. The number of halogens is 2. The van der Waals surface area contributed by atoms with E-state index in [1.54, 1.807) is 48.5 Å². The zero-order valence-electron chi connectivity index (χ0n) is 14.8. The first kappa shape index (κ1) is 19.2. The van der Waals surface area contributed by atoms with E-state index >= 15 is 0 Å². The normalized spacial score (nSPS) is 11.0. The Morgan fingerprint density at radius 1 is 1.10 bits per heavy atom. The lowest BCUT2D eigenvalue weighted by Gasteiger charge is -2.04. The van der Waals surface area contributed by atoms with Gasteiger partial charge in [-0.15, -0.1) is 5.10 Å². The van der Waals surface area contributed by atoms with E-state index in [9.17, 15) is 14.0 Å². The highest BCUT2D eigenvalue weighted by Gasteiger charge is 2.13. The van der Waals surface area contributed by atoms with Crippen molar-refractivity contribution in [1.82, 2.24) is 19.4 Å². The number of benzene rings is 2. The zero-order valence-corrected chi connectivity index (χ0v) is 16.3. The minimum absolute atomic E-state index is 0.277. The number of carbonyl (C=O) groups excluding carboxylic acids is 1. The lowest BCUT2D eigenvalue weighted by molar-refractivity contribution is -0.117. The molecule has 0 bridgehead atoms. The average molecular weight is 430 g/mol. The highest BCUT2D eigenvalue weighted by Crippen LogP contribution is 2.26. The Morgan fingerprint density at radius 3 is 2.72 bits per heavy atom. The van der Waals surface area contributed by atoms with Crippen LogP contribution in [0.1, 0.15) is 0 Å². The standard InChI is InChI=1S/C19H13ClFN5O2S/c20-12-3-1-5-14(9-12)22-17(27)11-25-19(28)26-16(23-25)7-8-18(24-26)29-15-6-2-4-13(21)10-15/h1-10H,11H2,(H,22,27). The fraction of sp³-hybridized carbons (Fsp3) is 0.0526. The Kier molecular flexibility index (Phi) is 5.32. The Bertz CT molecular complexity index is 1270. The first-order chi connectivity index (χ1) is 14.0. The summed E-state index contributed by atoms with van der Waals surface area (Å²) in [4.78, 5) is 25.4. The molecule has 0 fully saturated rings. The summed E-state index contributed by atoms with van der Waals surface area (Å²) in [6.07, 6.45) is 0. The average Bonchev–Trinajstić information content (AvgIpc) is 2.97. The maximum atomic E-state index is 13.3. The largest absolute Gasteiger partial charge is 0.367 e. The predicted molar refractivity (Wildman–Crippen MR) is 108 cm³/mol. The fourth-order valence-electron chi connectivity index (χ4n) is 2.60. The van der Waals surface area contributed by atoms with E-state index in [1.165, 1.54) is 23.9 Å². The van der Waals surface area contributed by atoms with Gasteiger partial charge in [-0.3, -0.25) is 4.79 Å². The van der Waals surface area contributed by atoms with Gasteiger partial charge in [0, 0.05) is 15.6 Å². The van der Waals surface area contributed by atoms with Gasteiger partial charge in [-0.1, -0.05) is 35.5 Å². The van der Waals surface area contributed by atoms with Crippen molar-refractivity contribution in [2.75, 3.05) is 5.32 Å². The second-order valence-corrected chi connectivity index (χ2v) is 7.53. The minimum Gasteiger partial charge on any atom is -0.324 e. The van der Waals surface area contributed by atoms with E-state index in [-0.39, 0.29) is 12.4 Å². The van der Waals surface area contributed by atoms with Gasteiger partial charge in [0.1, 0.15) is 17.4 Å². The third-order valence-corrected chi connectivity index (χ3v) is 4.99. The van der Waals surface area contributed by atoms with E-state index in [2.05, 4.69) is 15.5 Å². The van der Waals surface area contributed by atoms with E-state index in [0.29, 0.717) is 26.3 Å². The third kappa shape index (κ3) is 4.47. The molecule has 0 unspecified atom stereocenters. The molecule has 0 aliphatic rings. The molecule has 1 N–H and O–H groups in total. The lowest BCUT2D eigenvalue weighted by Crippen LogP contribution is -2.28. The molecule has 1 amide bonds. The van der Waals surface area contributed by atoms with Crippen LogP contribution in [0.2, 0.25) is 5.02 Å². The molecule has 10 heteroatoms. The SMILES string of the molecule is O=C(Cn1nc2ccc(Sc3cccc(F)c3)nn2c1=O)Nc1cccc(Cl)c1. The summed E-state index contributed by atoms with van der Waals surface area (Å²) >= 11 is 7.11. The summed E-state index contributed by atoms with van der Waals surface area (Å²) in [6, 6.07) is 16.0. The van der Waals surface area contributed by atoms with Crippen molar-refractivity contribution < 1.29 is 9.18 Å². The van der Waals surface area contributed by atoms with Crippen molar-refractivity contribution >= 4 is 40.6 Å². The summed E-state index contributed by atoms with van der Waals surface area (Å²) in [5, 5.41) is 12.0. The monoisotopic (exact) mass is 429 g/mol. The van der Waals surface area contributed by atoms with Crippen LogP contribution in [0.3, 0.4) is 0 Å². The topological polar surface area (TPSA) is 81.3 Å². The van der Waals surface area contributed by atoms with Crippen molar-refractivity contribution in [2.45, 2.75) is 16.5 Å². The van der Waals surface area contributed by atoms with Gasteiger partial charge in [0.2, 0.25) is 5.91 Å². The highest BCUT2D eigenvalue weighted by molar-refractivity contribution is 7.99. The Morgan fingerprint density at radius 2 is 1.93 bits per heavy atom. The number of carbonyl (C=O) groups is 1. The molecule has 2 aromatic carbocycles. The van der Waals surface area contributed by atoms with E-state index in [0.717, 1.165) is 9.20 Å². The number of fused-ring (bicyclic) bond motifs is 1. The fourth-order valence-corrected chi connectivity index (χ4v) is 3.61. The van der Waals surface area contributed by atoms with Crippen LogP contribution in [0, 0.1) is 5.82 Å². The first-order valence-electron chi connectivity index (χ1n) is 8.44. The van der Waals surface area contributed by atoms with Gasteiger partial charge in [-0.25, -0.2) is 13.9 Å². The zero-order chi connectivity index (χ0) is 20.4. The van der Waals surface area contributed by atoms with Crippen molar-refractivity contribution in [2.24, 2.45) is 0 Å². The van der Waals surface area contributed by atoms with Gasteiger partial charge in [0.05, 0.1) is 0 Å². The van der Waals surface area contributed by atoms with E-state index in [4.69, 9.17) is 11.6 Å². The van der Waals surface area contributed by atoms with Crippen LogP contribution in [0.4, 0.5) is 10.1 Å².